The highest BCUT2D eigenvalue weighted by Gasteiger charge is 2.08. The fraction of sp³-hybridized carbons (Fsp3) is 0.778. The summed E-state index contributed by atoms with van der Waals surface area (Å²) in [5.74, 6) is 0.510. The van der Waals surface area contributed by atoms with Crippen LogP contribution < -0.4 is 5.32 Å². The Kier molecular flexibility index (Phi) is 5.99. The van der Waals surface area contributed by atoms with Crippen molar-refractivity contribution in [2.45, 2.75) is 26.3 Å². The molecule has 0 radical (unpaired) electrons. The second kappa shape index (κ2) is 6.16. The molecule has 0 spiro atoms. The van der Waals surface area contributed by atoms with Gasteiger partial charge in [-0.3, -0.25) is 0 Å². The molecule has 0 bridgehead atoms. The Hall–Kier alpha value is -0.350. The van der Waals surface area contributed by atoms with E-state index < -0.39 is 9.84 Å². The summed E-state index contributed by atoms with van der Waals surface area (Å²) in [6, 6.07) is 0.178. The number of sulfone groups is 1. The minimum absolute atomic E-state index is 0.178. The van der Waals surface area contributed by atoms with E-state index in [4.69, 9.17) is 0 Å². The van der Waals surface area contributed by atoms with Crippen LogP contribution in [0.1, 0.15) is 20.3 Å². The van der Waals surface area contributed by atoms with Gasteiger partial charge in [-0.1, -0.05) is 13.0 Å². The van der Waals surface area contributed by atoms with Gasteiger partial charge in [0.1, 0.15) is 0 Å². The molecule has 0 saturated heterocycles. The Bertz CT molecular complexity index is 234. The summed E-state index contributed by atoms with van der Waals surface area (Å²) in [6.45, 7) is 7.93. The third-order valence-corrected chi connectivity index (χ3v) is 3.60. The van der Waals surface area contributed by atoms with E-state index in [1.165, 1.54) is 0 Å². The summed E-state index contributed by atoms with van der Waals surface area (Å²) >= 11 is 0. The summed E-state index contributed by atoms with van der Waals surface area (Å²) in [6.07, 6.45) is 2.45. The maximum absolute atomic E-state index is 11.2. The lowest BCUT2D eigenvalue weighted by atomic mass is 10.3. The van der Waals surface area contributed by atoms with Crippen molar-refractivity contribution < 1.29 is 8.42 Å². The topological polar surface area (TPSA) is 46.2 Å². The van der Waals surface area contributed by atoms with Gasteiger partial charge in [0.25, 0.3) is 0 Å². The molecule has 4 heteroatoms. The molecule has 1 atom stereocenters. The molecule has 0 saturated carbocycles. The van der Waals surface area contributed by atoms with Crippen LogP contribution in [0.3, 0.4) is 0 Å². The molecule has 0 aliphatic carbocycles. The quantitative estimate of drug-likeness (QED) is 0.630. The molecule has 0 aliphatic rings. The Morgan fingerprint density at radius 3 is 2.54 bits per heavy atom. The van der Waals surface area contributed by atoms with Gasteiger partial charge in [-0.05, 0) is 13.3 Å². The Balaban J connectivity index is 3.70. The fourth-order valence-electron chi connectivity index (χ4n) is 0.938. The van der Waals surface area contributed by atoms with Crippen molar-refractivity contribution >= 4 is 9.84 Å². The molecular formula is C9H19NO2S. The van der Waals surface area contributed by atoms with E-state index in [-0.39, 0.29) is 17.5 Å². The predicted molar refractivity (Wildman–Crippen MR) is 56.6 cm³/mol. The van der Waals surface area contributed by atoms with E-state index in [2.05, 4.69) is 11.9 Å². The van der Waals surface area contributed by atoms with Crippen molar-refractivity contribution in [1.29, 1.82) is 0 Å². The first-order chi connectivity index (χ1) is 6.02. The van der Waals surface area contributed by atoms with Gasteiger partial charge in [0.15, 0.2) is 9.84 Å². The van der Waals surface area contributed by atoms with Crippen molar-refractivity contribution in [3.05, 3.63) is 12.7 Å². The molecule has 0 heterocycles. The van der Waals surface area contributed by atoms with Crippen molar-refractivity contribution in [1.82, 2.24) is 5.32 Å². The molecule has 0 aromatic rings. The largest absolute Gasteiger partial charge is 0.310 e. The van der Waals surface area contributed by atoms with Crippen LogP contribution in [-0.2, 0) is 9.84 Å². The van der Waals surface area contributed by atoms with E-state index in [1.54, 1.807) is 6.08 Å². The molecule has 78 valence electrons. The summed E-state index contributed by atoms with van der Waals surface area (Å²) in [7, 11) is -2.83. The van der Waals surface area contributed by atoms with Crippen LogP contribution in [-0.4, -0.2) is 32.5 Å². The fourth-order valence-corrected chi connectivity index (χ4v) is 2.19. The summed E-state index contributed by atoms with van der Waals surface area (Å²) in [4.78, 5) is 0. The molecule has 0 aliphatic heterocycles. The van der Waals surface area contributed by atoms with Gasteiger partial charge in [0.2, 0.25) is 0 Å². The molecule has 0 aromatic heterocycles. The van der Waals surface area contributed by atoms with Crippen LogP contribution in [0.25, 0.3) is 0 Å². The summed E-state index contributed by atoms with van der Waals surface area (Å²) < 4.78 is 22.5. The lowest BCUT2D eigenvalue weighted by Gasteiger charge is -2.08. The first-order valence-corrected chi connectivity index (χ1v) is 6.40. The highest BCUT2D eigenvalue weighted by atomic mass is 32.2. The minimum atomic E-state index is -2.83. The van der Waals surface area contributed by atoms with Gasteiger partial charge in [-0.2, -0.15) is 0 Å². The van der Waals surface area contributed by atoms with E-state index in [9.17, 15) is 8.42 Å². The lowest BCUT2D eigenvalue weighted by molar-refractivity contribution is 0.585. The molecule has 3 nitrogen and oxygen atoms in total. The zero-order valence-corrected chi connectivity index (χ0v) is 9.23. The SMILES string of the molecule is C=CC(C)NCCS(=O)(=O)CCC. The monoisotopic (exact) mass is 205 g/mol. The van der Waals surface area contributed by atoms with Gasteiger partial charge >= 0.3 is 0 Å². The molecule has 0 fully saturated rings. The highest BCUT2D eigenvalue weighted by Crippen LogP contribution is 1.92. The molecular weight excluding hydrogens is 186 g/mol. The minimum Gasteiger partial charge on any atom is -0.310 e. The third-order valence-electron chi connectivity index (χ3n) is 1.75. The van der Waals surface area contributed by atoms with Crippen LogP contribution >= 0.6 is 0 Å². The smallest absolute Gasteiger partial charge is 0.151 e. The van der Waals surface area contributed by atoms with Gasteiger partial charge in [0.05, 0.1) is 5.75 Å². The zero-order chi connectivity index (χ0) is 10.3. The molecule has 0 aromatic carbocycles. The second-order valence-corrected chi connectivity index (χ2v) is 5.43. The van der Waals surface area contributed by atoms with Crippen molar-refractivity contribution in [3.8, 4) is 0 Å². The summed E-state index contributed by atoms with van der Waals surface area (Å²) in [5.41, 5.74) is 0. The van der Waals surface area contributed by atoms with Gasteiger partial charge < -0.3 is 5.32 Å². The molecule has 1 N–H and O–H groups in total. The molecule has 0 rings (SSSR count). The molecule has 0 amide bonds. The van der Waals surface area contributed by atoms with E-state index in [0.29, 0.717) is 13.0 Å². The van der Waals surface area contributed by atoms with Crippen molar-refractivity contribution in [2.24, 2.45) is 0 Å². The number of hydrogen-bond acceptors (Lipinski definition) is 3. The first-order valence-electron chi connectivity index (χ1n) is 4.58. The third kappa shape index (κ3) is 6.78. The van der Waals surface area contributed by atoms with Crippen molar-refractivity contribution in [2.75, 3.05) is 18.1 Å². The summed E-state index contributed by atoms with van der Waals surface area (Å²) in [5, 5.41) is 3.05. The standard InChI is InChI=1S/C9H19NO2S/c1-4-7-13(11,12)8-6-10-9(3)5-2/h5,9-10H,2,4,6-8H2,1,3H3. The Morgan fingerprint density at radius 2 is 2.08 bits per heavy atom. The Labute approximate surface area is 81.1 Å². The normalized spacial score (nSPS) is 14.0. The van der Waals surface area contributed by atoms with Gasteiger partial charge in [0, 0.05) is 18.3 Å². The second-order valence-electron chi connectivity index (χ2n) is 3.13. The van der Waals surface area contributed by atoms with Gasteiger partial charge in [-0.25, -0.2) is 8.42 Å². The lowest BCUT2D eigenvalue weighted by Crippen LogP contribution is -2.30. The van der Waals surface area contributed by atoms with E-state index in [0.717, 1.165) is 0 Å². The van der Waals surface area contributed by atoms with Crippen LogP contribution in [0, 0.1) is 0 Å². The first kappa shape index (κ1) is 12.7. The predicted octanol–water partition coefficient (Wildman–Crippen LogP) is 0.975. The van der Waals surface area contributed by atoms with Gasteiger partial charge in [-0.15, -0.1) is 6.58 Å². The average Bonchev–Trinajstić information content (AvgIpc) is 2.03. The van der Waals surface area contributed by atoms with Crippen LogP contribution in [0.5, 0.6) is 0 Å². The highest BCUT2D eigenvalue weighted by molar-refractivity contribution is 7.91. The molecule has 13 heavy (non-hydrogen) atoms. The van der Waals surface area contributed by atoms with E-state index in [1.807, 2.05) is 13.8 Å². The van der Waals surface area contributed by atoms with Crippen LogP contribution in [0.15, 0.2) is 12.7 Å². The number of rotatable bonds is 7. The van der Waals surface area contributed by atoms with Crippen LogP contribution in [0.2, 0.25) is 0 Å². The number of hydrogen-bond donors (Lipinski definition) is 1. The Morgan fingerprint density at radius 1 is 1.46 bits per heavy atom. The average molecular weight is 205 g/mol. The maximum Gasteiger partial charge on any atom is 0.151 e. The molecule has 1 unspecified atom stereocenters. The number of nitrogens with one attached hydrogen (secondary N) is 1. The van der Waals surface area contributed by atoms with Crippen molar-refractivity contribution in [3.63, 3.8) is 0 Å². The van der Waals surface area contributed by atoms with Crippen LogP contribution in [0.4, 0.5) is 0 Å². The maximum atomic E-state index is 11.2. The zero-order valence-electron chi connectivity index (χ0n) is 8.41. The van der Waals surface area contributed by atoms with E-state index >= 15 is 0 Å².